The van der Waals surface area contributed by atoms with Gasteiger partial charge in [-0.05, 0) is 25.0 Å². The molecule has 3 heterocycles. The molecule has 2 atom stereocenters. The average molecular weight is 310 g/mol. The monoisotopic (exact) mass is 310 g/mol. The van der Waals surface area contributed by atoms with E-state index in [9.17, 15) is 18.0 Å². The van der Waals surface area contributed by atoms with Gasteiger partial charge in [-0.3, -0.25) is 14.6 Å². The lowest BCUT2D eigenvalue weighted by Crippen LogP contribution is -2.49. The van der Waals surface area contributed by atoms with Crippen LogP contribution in [0.2, 0.25) is 0 Å². The third-order valence-corrected chi connectivity index (χ3v) is 5.19. The van der Waals surface area contributed by atoms with Crippen molar-refractivity contribution >= 4 is 22.0 Å². The zero-order valence-corrected chi connectivity index (χ0v) is 11.8. The van der Waals surface area contributed by atoms with E-state index in [4.69, 9.17) is 0 Å². The number of rotatable bonds is 2. The summed E-state index contributed by atoms with van der Waals surface area (Å²) < 4.78 is 26.4. The van der Waals surface area contributed by atoms with E-state index in [1.807, 2.05) is 4.72 Å². The first-order chi connectivity index (χ1) is 9.97. The molecule has 0 saturated carbocycles. The fourth-order valence-electron chi connectivity index (χ4n) is 2.63. The van der Waals surface area contributed by atoms with E-state index in [2.05, 4.69) is 10.3 Å². The van der Waals surface area contributed by atoms with Crippen molar-refractivity contribution in [3.63, 3.8) is 0 Å². The number of carbonyl (C=O) groups excluding carboxylic acids is 2. The molecule has 112 valence electrons. The Morgan fingerprint density at radius 1 is 1.38 bits per heavy atom. The highest BCUT2D eigenvalue weighted by atomic mass is 32.2. The Bertz CT molecular complexity index is 676. The number of fused-ring (bicyclic) bond motifs is 1. The van der Waals surface area contributed by atoms with Gasteiger partial charge in [0.15, 0.2) is 0 Å². The maximum absolute atomic E-state index is 12.0. The van der Waals surface area contributed by atoms with Crippen LogP contribution in [0, 0.1) is 0 Å². The summed E-state index contributed by atoms with van der Waals surface area (Å²) in [6.45, 7) is 0.215. The molecule has 1 aromatic rings. The van der Waals surface area contributed by atoms with Gasteiger partial charge in [0.2, 0.25) is 0 Å². The predicted molar refractivity (Wildman–Crippen MR) is 72.3 cm³/mol. The smallest absolute Gasteiger partial charge is 0.304 e. The van der Waals surface area contributed by atoms with Crippen LogP contribution >= 0.6 is 0 Å². The molecule has 0 aliphatic carbocycles. The van der Waals surface area contributed by atoms with Crippen LogP contribution in [0.5, 0.6) is 0 Å². The van der Waals surface area contributed by atoms with E-state index in [0.29, 0.717) is 12.0 Å². The predicted octanol–water partition coefficient (Wildman–Crippen LogP) is -0.981. The fourth-order valence-corrected chi connectivity index (χ4v) is 4.00. The summed E-state index contributed by atoms with van der Waals surface area (Å²) in [5.41, 5.74) is 0.482. The van der Waals surface area contributed by atoms with E-state index >= 15 is 0 Å². The summed E-state index contributed by atoms with van der Waals surface area (Å²) in [5, 5.41) is 2.83. The number of aromatic nitrogens is 1. The molecule has 2 fully saturated rings. The van der Waals surface area contributed by atoms with Gasteiger partial charge in [0.05, 0.1) is 0 Å². The number of carbonyl (C=O) groups is 2. The van der Waals surface area contributed by atoms with E-state index in [1.54, 1.807) is 12.1 Å². The van der Waals surface area contributed by atoms with Gasteiger partial charge in [-0.25, -0.2) is 4.72 Å². The van der Waals surface area contributed by atoms with Gasteiger partial charge in [-0.15, -0.1) is 0 Å². The highest BCUT2D eigenvalue weighted by Gasteiger charge is 2.47. The summed E-state index contributed by atoms with van der Waals surface area (Å²) >= 11 is 0. The molecule has 2 amide bonds. The molecule has 0 radical (unpaired) electrons. The molecule has 2 aliphatic heterocycles. The third kappa shape index (κ3) is 2.61. The molecular formula is C12H14N4O4S. The minimum Gasteiger partial charge on any atom is -0.349 e. The lowest BCUT2D eigenvalue weighted by Gasteiger charge is -2.31. The van der Waals surface area contributed by atoms with Crippen molar-refractivity contribution in [1.29, 1.82) is 0 Å². The highest BCUT2D eigenvalue weighted by Crippen LogP contribution is 2.25. The van der Waals surface area contributed by atoms with E-state index < -0.39 is 22.2 Å². The molecule has 1 aromatic heterocycles. The molecule has 8 nitrogen and oxygen atoms in total. The number of hydrogen-bond donors (Lipinski definition) is 2. The van der Waals surface area contributed by atoms with Crippen molar-refractivity contribution in [3.8, 4) is 0 Å². The van der Waals surface area contributed by atoms with Gasteiger partial charge >= 0.3 is 10.2 Å². The topological polar surface area (TPSA) is 108 Å². The summed E-state index contributed by atoms with van der Waals surface area (Å²) in [6.07, 6.45) is 3.80. The Morgan fingerprint density at radius 2 is 2.10 bits per heavy atom. The van der Waals surface area contributed by atoms with E-state index in [0.717, 1.165) is 4.31 Å². The second-order valence-electron chi connectivity index (χ2n) is 5.03. The maximum atomic E-state index is 12.0. The van der Waals surface area contributed by atoms with Crippen molar-refractivity contribution in [3.05, 3.63) is 30.1 Å². The first-order valence-electron chi connectivity index (χ1n) is 6.52. The van der Waals surface area contributed by atoms with Crippen LogP contribution in [0.1, 0.15) is 23.2 Å². The van der Waals surface area contributed by atoms with Crippen LogP contribution in [0.3, 0.4) is 0 Å². The molecule has 21 heavy (non-hydrogen) atoms. The van der Waals surface area contributed by atoms with Gasteiger partial charge in [0.25, 0.3) is 11.8 Å². The van der Waals surface area contributed by atoms with Crippen molar-refractivity contribution in [2.24, 2.45) is 0 Å². The van der Waals surface area contributed by atoms with Crippen molar-refractivity contribution in [1.82, 2.24) is 19.3 Å². The van der Waals surface area contributed by atoms with Gasteiger partial charge in [-0.2, -0.15) is 12.7 Å². The second-order valence-corrected chi connectivity index (χ2v) is 6.65. The van der Waals surface area contributed by atoms with Crippen molar-refractivity contribution in [2.75, 3.05) is 6.54 Å². The summed E-state index contributed by atoms with van der Waals surface area (Å²) in [4.78, 5) is 27.6. The van der Waals surface area contributed by atoms with Crippen LogP contribution in [0.15, 0.2) is 24.5 Å². The first-order valence-corrected chi connectivity index (χ1v) is 7.96. The van der Waals surface area contributed by atoms with Crippen LogP contribution in [-0.4, -0.2) is 48.1 Å². The fraction of sp³-hybridized carbons (Fsp3) is 0.417. The Balaban J connectivity index is 1.68. The van der Waals surface area contributed by atoms with Gasteiger partial charge in [0.1, 0.15) is 6.04 Å². The molecule has 9 heteroatoms. The molecule has 2 saturated heterocycles. The molecule has 0 unspecified atom stereocenters. The van der Waals surface area contributed by atoms with Crippen LogP contribution in [-0.2, 0) is 15.0 Å². The molecule has 0 spiro atoms. The SMILES string of the molecule is O=C(N[C@H]1CCN2[C@@H](C1)C(=O)NS2(=O)=O)c1ccncc1. The number of pyridine rings is 1. The molecule has 0 aromatic carbocycles. The Hall–Kier alpha value is -2.00. The van der Waals surface area contributed by atoms with Crippen LogP contribution < -0.4 is 10.0 Å². The lowest BCUT2D eigenvalue weighted by molar-refractivity contribution is -0.122. The Morgan fingerprint density at radius 3 is 2.81 bits per heavy atom. The van der Waals surface area contributed by atoms with Gasteiger partial charge < -0.3 is 5.32 Å². The normalized spacial score (nSPS) is 27.7. The molecular weight excluding hydrogens is 296 g/mol. The number of nitrogens with zero attached hydrogens (tertiary/aromatic N) is 2. The van der Waals surface area contributed by atoms with Crippen molar-refractivity contribution in [2.45, 2.75) is 24.9 Å². The maximum Gasteiger partial charge on any atom is 0.304 e. The highest BCUT2D eigenvalue weighted by molar-refractivity contribution is 7.88. The summed E-state index contributed by atoms with van der Waals surface area (Å²) in [7, 11) is -3.69. The lowest BCUT2D eigenvalue weighted by atomic mass is 9.98. The number of amides is 2. The Labute approximate surface area is 121 Å². The summed E-state index contributed by atoms with van der Waals surface area (Å²) in [6, 6.07) is 2.23. The van der Waals surface area contributed by atoms with Gasteiger partial charge in [0, 0.05) is 30.5 Å². The summed E-state index contributed by atoms with van der Waals surface area (Å²) in [5.74, 6) is -0.782. The zero-order chi connectivity index (χ0) is 15.0. The Kier molecular flexibility index (Phi) is 3.38. The third-order valence-electron chi connectivity index (χ3n) is 3.67. The van der Waals surface area contributed by atoms with Crippen LogP contribution in [0.4, 0.5) is 0 Å². The quantitative estimate of drug-likeness (QED) is 0.730. The zero-order valence-electron chi connectivity index (χ0n) is 11.0. The second kappa shape index (κ2) is 5.08. The van der Waals surface area contributed by atoms with E-state index in [-0.39, 0.29) is 24.9 Å². The number of piperidine rings is 1. The number of hydrogen-bond acceptors (Lipinski definition) is 5. The molecule has 2 N–H and O–H groups in total. The standard InChI is InChI=1S/C12H14N4O4S/c17-11(8-1-4-13-5-2-8)14-9-3-6-16-10(7-9)12(18)15-21(16,19)20/h1-2,4-5,9-10H,3,6-7H2,(H,14,17)(H,15,18)/t9-,10-/m0/s1. The largest absolute Gasteiger partial charge is 0.349 e. The van der Waals surface area contributed by atoms with Gasteiger partial charge in [-0.1, -0.05) is 0 Å². The average Bonchev–Trinajstić information content (AvgIpc) is 2.69. The van der Waals surface area contributed by atoms with Crippen LogP contribution in [0.25, 0.3) is 0 Å². The van der Waals surface area contributed by atoms with E-state index in [1.165, 1.54) is 12.4 Å². The first kappa shape index (κ1) is 14.0. The molecule has 3 rings (SSSR count). The molecule has 0 bridgehead atoms. The number of nitrogens with one attached hydrogen (secondary N) is 2. The minimum atomic E-state index is -3.69. The van der Waals surface area contributed by atoms with Crippen molar-refractivity contribution < 1.29 is 18.0 Å². The minimum absolute atomic E-state index is 0.215. The molecule has 2 aliphatic rings.